The highest BCUT2D eigenvalue weighted by Gasteiger charge is 2.19. The molecule has 4 heterocycles. The molecule has 0 radical (unpaired) electrons. The summed E-state index contributed by atoms with van der Waals surface area (Å²) in [6, 6.07) is 8.48. The smallest absolute Gasteiger partial charge is 0.210 e. The van der Waals surface area contributed by atoms with E-state index >= 15 is 0 Å². The number of benzene rings is 2. The molecule has 0 unspecified atom stereocenters. The molecule has 4 aromatic rings. The fourth-order valence-electron chi connectivity index (χ4n) is 4.34. The number of ether oxygens (including phenoxy) is 1. The molecule has 2 aliphatic heterocycles. The second-order valence-electron chi connectivity index (χ2n) is 8.00. The standard InChI is InChI=1S/C23H18FN5O3S/c24-20-5-6-21-17(2-1-7-32-21)19(20)10-26-23-25-9-18(22-28-27-13-29(22)23)14-3-4-15-11-33(30,31)12-16(15)8-14/h3-6,8-9,11-13H,1-2,7,10H2,(H,25,26). The van der Waals surface area contributed by atoms with Crippen LogP contribution >= 0.6 is 0 Å². The molecule has 0 saturated heterocycles. The van der Waals surface area contributed by atoms with Gasteiger partial charge in [0, 0.05) is 40.2 Å². The third kappa shape index (κ3) is 3.43. The molecule has 10 heteroatoms. The lowest BCUT2D eigenvalue weighted by atomic mass is 9.99. The van der Waals surface area contributed by atoms with Crippen LogP contribution in [0.5, 0.6) is 5.75 Å². The summed E-state index contributed by atoms with van der Waals surface area (Å²) < 4.78 is 45.7. The van der Waals surface area contributed by atoms with E-state index in [0.717, 1.165) is 29.7 Å². The van der Waals surface area contributed by atoms with Gasteiger partial charge in [-0.3, -0.25) is 4.40 Å². The fourth-order valence-corrected chi connectivity index (χ4v) is 5.53. The van der Waals surface area contributed by atoms with Crippen molar-refractivity contribution < 1.29 is 17.5 Å². The Morgan fingerprint density at radius 2 is 2.03 bits per heavy atom. The summed E-state index contributed by atoms with van der Waals surface area (Å²) in [5.74, 6) is 0.908. The van der Waals surface area contributed by atoms with Crippen LogP contribution in [0.2, 0.25) is 0 Å². The Kier molecular flexibility index (Phi) is 4.44. The van der Waals surface area contributed by atoms with Crippen LogP contribution in [0.25, 0.3) is 27.6 Å². The van der Waals surface area contributed by atoms with Crippen molar-refractivity contribution in [1.29, 1.82) is 0 Å². The molecular formula is C23H18FN5O3S. The quantitative estimate of drug-likeness (QED) is 0.493. The van der Waals surface area contributed by atoms with Crippen molar-refractivity contribution in [2.24, 2.45) is 0 Å². The van der Waals surface area contributed by atoms with E-state index in [1.54, 1.807) is 28.8 Å². The van der Waals surface area contributed by atoms with E-state index in [1.807, 2.05) is 6.07 Å². The molecule has 166 valence electrons. The number of anilines is 1. The minimum absolute atomic E-state index is 0.236. The van der Waals surface area contributed by atoms with Gasteiger partial charge in [0.15, 0.2) is 15.5 Å². The molecular weight excluding hydrogens is 445 g/mol. The van der Waals surface area contributed by atoms with Crippen LogP contribution in [0, 0.1) is 5.82 Å². The molecule has 0 atom stereocenters. The fraction of sp³-hybridized carbons (Fsp3) is 0.174. The summed E-state index contributed by atoms with van der Waals surface area (Å²) in [5.41, 5.74) is 3.47. The van der Waals surface area contributed by atoms with Crippen LogP contribution in [0.15, 0.2) is 42.9 Å². The van der Waals surface area contributed by atoms with Crippen molar-refractivity contribution >= 4 is 32.2 Å². The van der Waals surface area contributed by atoms with Crippen molar-refractivity contribution in [3.8, 4) is 16.9 Å². The topological polar surface area (TPSA) is 98.5 Å². The first-order chi connectivity index (χ1) is 16.0. The van der Waals surface area contributed by atoms with Crippen molar-refractivity contribution in [2.45, 2.75) is 19.4 Å². The second kappa shape index (κ2) is 7.38. The van der Waals surface area contributed by atoms with Gasteiger partial charge in [-0.1, -0.05) is 12.1 Å². The highest BCUT2D eigenvalue weighted by molar-refractivity contribution is 8.06. The zero-order chi connectivity index (χ0) is 22.6. The Morgan fingerprint density at radius 3 is 2.94 bits per heavy atom. The highest BCUT2D eigenvalue weighted by atomic mass is 32.2. The van der Waals surface area contributed by atoms with E-state index in [2.05, 4.69) is 20.5 Å². The summed E-state index contributed by atoms with van der Waals surface area (Å²) in [7, 11) is -3.34. The first kappa shape index (κ1) is 19.9. The van der Waals surface area contributed by atoms with Gasteiger partial charge in [-0.25, -0.2) is 17.8 Å². The minimum Gasteiger partial charge on any atom is -0.493 e. The maximum atomic E-state index is 14.6. The van der Waals surface area contributed by atoms with Gasteiger partial charge in [-0.05, 0) is 47.0 Å². The molecule has 0 spiro atoms. The van der Waals surface area contributed by atoms with Crippen LogP contribution in [0.4, 0.5) is 10.3 Å². The third-order valence-electron chi connectivity index (χ3n) is 5.90. The van der Waals surface area contributed by atoms with Gasteiger partial charge in [0.25, 0.3) is 0 Å². The van der Waals surface area contributed by atoms with Crippen molar-refractivity contribution in [1.82, 2.24) is 19.6 Å². The molecule has 8 nitrogen and oxygen atoms in total. The Morgan fingerprint density at radius 1 is 1.15 bits per heavy atom. The number of nitrogens with zero attached hydrogens (tertiary/aromatic N) is 4. The molecule has 0 bridgehead atoms. The maximum absolute atomic E-state index is 14.6. The number of nitrogens with one attached hydrogen (secondary N) is 1. The lowest BCUT2D eigenvalue weighted by Crippen LogP contribution is -2.20. The maximum Gasteiger partial charge on any atom is 0.210 e. The first-order valence-corrected chi connectivity index (χ1v) is 12.0. The average molecular weight is 463 g/mol. The van der Waals surface area contributed by atoms with Crippen LogP contribution in [0.1, 0.15) is 17.5 Å². The lowest BCUT2D eigenvalue weighted by Gasteiger charge is -2.21. The average Bonchev–Trinajstić information content (AvgIpc) is 3.41. The Hall–Kier alpha value is -3.79. The van der Waals surface area contributed by atoms with Crippen molar-refractivity contribution in [2.75, 3.05) is 11.9 Å². The van der Waals surface area contributed by atoms with Crippen molar-refractivity contribution in [3.05, 3.63) is 70.2 Å². The molecule has 1 N–H and O–H groups in total. The normalized spacial score (nSPS) is 15.8. The summed E-state index contributed by atoms with van der Waals surface area (Å²) in [4.78, 5) is 4.52. The predicted octanol–water partition coefficient (Wildman–Crippen LogP) is 1.77. The van der Waals surface area contributed by atoms with Gasteiger partial charge in [0.2, 0.25) is 5.95 Å². The molecule has 2 aromatic carbocycles. The van der Waals surface area contributed by atoms with E-state index in [9.17, 15) is 12.8 Å². The molecule has 6 rings (SSSR count). The number of sulfone groups is 1. The Labute approximate surface area is 188 Å². The van der Waals surface area contributed by atoms with E-state index in [-0.39, 0.29) is 12.4 Å². The number of aromatic nitrogens is 4. The summed E-state index contributed by atoms with van der Waals surface area (Å²) in [6.45, 7) is 0.875. The number of halogens is 1. The van der Waals surface area contributed by atoms with Gasteiger partial charge in [-0.2, -0.15) is 0 Å². The lowest BCUT2D eigenvalue weighted by molar-refractivity contribution is 0.286. The second-order valence-corrected chi connectivity index (χ2v) is 9.65. The monoisotopic (exact) mass is 463 g/mol. The summed E-state index contributed by atoms with van der Waals surface area (Å²) in [5, 5.41) is 15.2. The zero-order valence-electron chi connectivity index (χ0n) is 17.3. The van der Waals surface area contributed by atoms with Crippen LogP contribution in [-0.2, 0) is 22.8 Å². The van der Waals surface area contributed by atoms with E-state index in [4.69, 9.17) is 4.74 Å². The molecule has 33 heavy (non-hydrogen) atoms. The van der Waals surface area contributed by atoms with Crippen LogP contribution in [-0.4, -0.2) is 34.6 Å². The number of fused-ring (bicyclic) bond motifs is 3. The van der Waals surface area contributed by atoms with Crippen molar-refractivity contribution in [3.63, 3.8) is 0 Å². The van der Waals surface area contributed by atoms with Gasteiger partial charge in [0.1, 0.15) is 17.9 Å². The van der Waals surface area contributed by atoms with E-state index < -0.39 is 9.84 Å². The molecule has 2 aliphatic rings. The Balaban J connectivity index is 1.36. The SMILES string of the molecule is O=S1(=O)C=c2ccc(-c3cnc(NCc4c(F)ccc5c4CCCO5)n4cnnc34)cc2=C1. The molecule has 0 saturated carbocycles. The largest absolute Gasteiger partial charge is 0.493 e. The summed E-state index contributed by atoms with van der Waals surface area (Å²) in [6.07, 6.45) is 4.80. The highest BCUT2D eigenvalue weighted by Crippen LogP contribution is 2.30. The first-order valence-electron chi connectivity index (χ1n) is 10.4. The number of hydrogen-bond donors (Lipinski definition) is 1. The van der Waals surface area contributed by atoms with Crippen LogP contribution < -0.4 is 20.5 Å². The predicted molar refractivity (Wildman–Crippen MR) is 121 cm³/mol. The molecule has 0 amide bonds. The van der Waals surface area contributed by atoms with E-state index in [0.29, 0.717) is 39.8 Å². The number of hydrogen-bond acceptors (Lipinski definition) is 7. The van der Waals surface area contributed by atoms with E-state index in [1.165, 1.54) is 23.2 Å². The molecule has 0 aliphatic carbocycles. The zero-order valence-corrected chi connectivity index (χ0v) is 18.1. The van der Waals surface area contributed by atoms with Gasteiger partial charge in [0.05, 0.1) is 6.61 Å². The van der Waals surface area contributed by atoms with Gasteiger partial charge < -0.3 is 10.1 Å². The minimum atomic E-state index is -3.34. The molecule has 2 aromatic heterocycles. The van der Waals surface area contributed by atoms with Gasteiger partial charge in [-0.15, -0.1) is 10.2 Å². The Bertz CT molecular complexity index is 1660. The molecule has 0 fully saturated rings. The number of rotatable bonds is 4. The van der Waals surface area contributed by atoms with Crippen LogP contribution in [0.3, 0.4) is 0 Å². The summed E-state index contributed by atoms with van der Waals surface area (Å²) >= 11 is 0. The van der Waals surface area contributed by atoms with Gasteiger partial charge >= 0.3 is 0 Å². The third-order valence-corrected chi connectivity index (χ3v) is 7.06.